The van der Waals surface area contributed by atoms with Crippen molar-refractivity contribution in [3.63, 3.8) is 0 Å². The van der Waals surface area contributed by atoms with Crippen molar-refractivity contribution >= 4 is 27.3 Å². The maximum atomic E-state index is 4.83. The van der Waals surface area contributed by atoms with Crippen molar-refractivity contribution < 1.29 is 0 Å². The number of benzene rings is 2. The Morgan fingerprint density at radius 2 is 1.62 bits per heavy atom. The summed E-state index contributed by atoms with van der Waals surface area (Å²) in [7, 11) is 0. The molecule has 0 fully saturated rings. The smallest absolute Gasteiger partial charge is 0.0934 e. The molecule has 0 spiro atoms. The minimum atomic E-state index is 0.0775. The molecule has 0 radical (unpaired) electrons. The first kappa shape index (κ1) is 12.4. The lowest BCUT2D eigenvalue weighted by atomic mass is 9.85. The number of nitrogens with zero attached hydrogens (tertiary/aromatic N) is 2. The molecule has 2 heterocycles. The third kappa shape index (κ3) is 1.75. The number of pyridine rings is 1. The lowest BCUT2D eigenvalue weighted by Crippen LogP contribution is -2.13. The molecule has 0 aliphatic heterocycles. The van der Waals surface area contributed by atoms with Crippen LogP contribution in [0.2, 0.25) is 0 Å². The van der Waals surface area contributed by atoms with Gasteiger partial charge in [0, 0.05) is 10.8 Å². The van der Waals surface area contributed by atoms with E-state index in [1.165, 1.54) is 21.9 Å². The Morgan fingerprint density at radius 1 is 0.905 bits per heavy atom. The summed E-state index contributed by atoms with van der Waals surface area (Å²) < 4.78 is 2.11. The number of hydrogen-bond acceptors (Lipinski definition) is 1. The Labute approximate surface area is 124 Å². The number of aromatic nitrogens is 2. The Kier molecular flexibility index (Phi) is 2.41. The number of para-hydroxylation sites is 1. The highest BCUT2D eigenvalue weighted by molar-refractivity contribution is 6.00. The molecular formula is C19H18N2. The van der Waals surface area contributed by atoms with E-state index in [2.05, 4.69) is 73.8 Å². The SMILES string of the molecule is CC(C)(C)c1cc2ccccc2n2nc3ccccc3c12. The van der Waals surface area contributed by atoms with Gasteiger partial charge in [-0.2, -0.15) is 5.10 Å². The molecule has 21 heavy (non-hydrogen) atoms. The van der Waals surface area contributed by atoms with Gasteiger partial charge in [-0.05, 0) is 29.2 Å². The molecule has 0 atom stereocenters. The van der Waals surface area contributed by atoms with Gasteiger partial charge in [-0.1, -0.05) is 57.2 Å². The van der Waals surface area contributed by atoms with E-state index in [-0.39, 0.29) is 5.41 Å². The summed E-state index contributed by atoms with van der Waals surface area (Å²) in [5, 5.41) is 7.30. The van der Waals surface area contributed by atoms with E-state index in [1.807, 2.05) is 6.07 Å². The second kappa shape index (κ2) is 4.08. The number of fused-ring (bicyclic) bond motifs is 5. The molecule has 2 nitrogen and oxygen atoms in total. The third-order valence-corrected chi connectivity index (χ3v) is 4.11. The van der Waals surface area contributed by atoms with Gasteiger partial charge < -0.3 is 0 Å². The van der Waals surface area contributed by atoms with Crippen LogP contribution < -0.4 is 0 Å². The maximum Gasteiger partial charge on any atom is 0.0934 e. The van der Waals surface area contributed by atoms with Gasteiger partial charge in [0.05, 0.1) is 16.6 Å². The van der Waals surface area contributed by atoms with Gasteiger partial charge in [-0.15, -0.1) is 0 Å². The fourth-order valence-electron chi connectivity index (χ4n) is 3.06. The lowest BCUT2D eigenvalue weighted by Gasteiger charge is -2.21. The van der Waals surface area contributed by atoms with Crippen LogP contribution in [0.4, 0.5) is 0 Å². The summed E-state index contributed by atoms with van der Waals surface area (Å²) in [4.78, 5) is 0. The average Bonchev–Trinajstić information content (AvgIpc) is 2.85. The third-order valence-electron chi connectivity index (χ3n) is 4.11. The maximum absolute atomic E-state index is 4.83. The summed E-state index contributed by atoms with van der Waals surface area (Å²) in [5.41, 5.74) is 4.87. The Balaban J connectivity index is 2.34. The van der Waals surface area contributed by atoms with Crippen LogP contribution in [0.15, 0.2) is 54.6 Å². The van der Waals surface area contributed by atoms with Crippen LogP contribution in [-0.2, 0) is 5.41 Å². The monoisotopic (exact) mass is 274 g/mol. The van der Waals surface area contributed by atoms with Crippen molar-refractivity contribution in [2.75, 3.05) is 0 Å². The van der Waals surface area contributed by atoms with E-state index in [9.17, 15) is 0 Å². The molecule has 2 aromatic heterocycles. The highest BCUT2D eigenvalue weighted by Crippen LogP contribution is 2.34. The van der Waals surface area contributed by atoms with Gasteiger partial charge >= 0.3 is 0 Å². The van der Waals surface area contributed by atoms with E-state index in [0.717, 1.165) is 11.0 Å². The van der Waals surface area contributed by atoms with Gasteiger partial charge in [-0.3, -0.25) is 0 Å². The van der Waals surface area contributed by atoms with Gasteiger partial charge in [0.15, 0.2) is 0 Å². The summed E-state index contributed by atoms with van der Waals surface area (Å²) in [6.07, 6.45) is 0. The molecule has 0 amide bonds. The van der Waals surface area contributed by atoms with Crippen LogP contribution in [0.25, 0.3) is 27.3 Å². The van der Waals surface area contributed by atoms with Crippen molar-refractivity contribution in [3.8, 4) is 0 Å². The zero-order valence-electron chi connectivity index (χ0n) is 12.6. The van der Waals surface area contributed by atoms with Crippen LogP contribution >= 0.6 is 0 Å². The first-order valence-electron chi connectivity index (χ1n) is 7.35. The molecule has 0 N–H and O–H groups in total. The molecule has 4 rings (SSSR count). The van der Waals surface area contributed by atoms with E-state index in [4.69, 9.17) is 5.10 Å². The quantitative estimate of drug-likeness (QED) is 0.444. The van der Waals surface area contributed by atoms with E-state index in [1.54, 1.807) is 0 Å². The van der Waals surface area contributed by atoms with E-state index in [0.29, 0.717) is 0 Å². The van der Waals surface area contributed by atoms with Crippen LogP contribution in [-0.4, -0.2) is 9.61 Å². The summed E-state index contributed by atoms with van der Waals surface area (Å²) in [6.45, 7) is 6.79. The fraction of sp³-hybridized carbons (Fsp3) is 0.211. The zero-order valence-corrected chi connectivity index (χ0v) is 12.6. The van der Waals surface area contributed by atoms with Crippen molar-refractivity contribution in [2.45, 2.75) is 26.2 Å². The summed E-state index contributed by atoms with van der Waals surface area (Å²) in [5.74, 6) is 0. The molecule has 0 saturated heterocycles. The normalized spacial score (nSPS) is 12.5. The molecule has 0 bridgehead atoms. The fourth-order valence-corrected chi connectivity index (χ4v) is 3.06. The Hall–Kier alpha value is -2.35. The molecule has 0 aliphatic rings. The number of rotatable bonds is 0. The molecular weight excluding hydrogens is 256 g/mol. The van der Waals surface area contributed by atoms with Crippen LogP contribution in [0.3, 0.4) is 0 Å². The zero-order chi connectivity index (χ0) is 14.6. The first-order valence-corrected chi connectivity index (χ1v) is 7.35. The largest absolute Gasteiger partial charge is 0.232 e. The lowest BCUT2D eigenvalue weighted by molar-refractivity contribution is 0.594. The summed E-state index contributed by atoms with van der Waals surface area (Å²) in [6, 6.07) is 19.2. The Bertz CT molecular complexity index is 971. The highest BCUT2D eigenvalue weighted by atomic mass is 15.2. The minimum Gasteiger partial charge on any atom is -0.232 e. The van der Waals surface area contributed by atoms with Crippen molar-refractivity contribution in [2.24, 2.45) is 0 Å². The molecule has 0 unspecified atom stereocenters. The van der Waals surface area contributed by atoms with Crippen molar-refractivity contribution in [3.05, 3.63) is 60.2 Å². The van der Waals surface area contributed by atoms with Crippen molar-refractivity contribution in [1.29, 1.82) is 0 Å². The van der Waals surface area contributed by atoms with Crippen LogP contribution in [0.1, 0.15) is 26.3 Å². The van der Waals surface area contributed by atoms with Gasteiger partial charge in [0.2, 0.25) is 0 Å². The topological polar surface area (TPSA) is 17.3 Å². The van der Waals surface area contributed by atoms with Crippen LogP contribution in [0.5, 0.6) is 0 Å². The standard InChI is InChI=1S/C19H18N2/c1-19(2,3)15-12-13-8-4-7-11-17(13)21-18(15)14-9-5-6-10-16(14)20-21/h4-12H,1-3H3. The molecule has 2 aromatic carbocycles. The molecule has 104 valence electrons. The second-order valence-corrected chi connectivity index (χ2v) is 6.64. The second-order valence-electron chi connectivity index (χ2n) is 6.64. The van der Waals surface area contributed by atoms with E-state index < -0.39 is 0 Å². The first-order chi connectivity index (χ1) is 10.1. The minimum absolute atomic E-state index is 0.0775. The highest BCUT2D eigenvalue weighted by Gasteiger charge is 2.21. The predicted octanol–water partition coefficient (Wildman–Crippen LogP) is 4.94. The average molecular weight is 274 g/mol. The molecule has 2 heteroatoms. The van der Waals surface area contributed by atoms with E-state index >= 15 is 0 Å². The number of hydrogen-bond donors (Lipinski definition) is 0. The molecule has 0 aliphatic carbocycles. The van der Waals surface area contributed by atoms with Crippen molar-refractivity contribution in [1.82, 2.24) is 9.61 Å². The predicted molar refractivity (Wildman–Crippen MR) is 88.9 cm³/mol. The molecule has 4 aromatic rings. The van der Waals surface area contributed by atoms with Gasteiger partial charge in [-0.25, -0.2) is 4.52 Å². The van der Waals surface area contributed by atoms with Gasteiger partial charge in [0.25, 0.3) is 0 Å². The molecule has 0 saturated carbocycles. The van der Waals surface area contributed by atoms with Crippen LogP contribution in [0, 0.1) is 0 Å². The summed E-state index contributed by atoms with van der Waals surface area (Å²) >= 11 is 0. The van der Waals surface area contributed by atoms with Gasteiger partial charge in [0.1, 0.15) is 0 Å². The Morgan fingerprint density at radius 3 is 2.43 bits per heavy atom.